The summed E-state index contributed by atoms with van der Waals surface area (Å²) in [6.07, 6.45) is 1.10. The van der Waals surface area contributed by atoms with Crippen LogP contribution < -0.4 is 5.46 Å². The van der Waals surface area contributed by atoms with Gasteiger partial charge >= 0.3 is 7.12 Å². The van der Waals surface area contributed by atoms with E-state index in [0.29, 0.717) is 0 Å². The van der Waals surface area contributed by atoms with Crippen molar-refractivity contribution in [1.82, 2.24) is 4.98 Å². The third-order valence-corrected chi connectivity index (χ3v) is 3.36. The van der Waals surface area contributed by atoms with E-state index in [1.807, 2.05) is 27.7 Å². The molecule has 0 aromatic carbocycles. The van der Waals surface area contributed by atoms with Gasteiger partial charge in [0.15, 0.2) is 0 Å². The van der Waals surface area contributed by atoms with Gasteiger partial charge in [0.25, 0.3) is 0 Å². The molecule has 3 nitrogen and oxygen atoms in total. The SMILES string of the molecule is CC1(C)OB(c2cnc(F)cc2F)OC1(C)C. The molecule has 0 bridgehead atoms. The van der Waals surface area contributed by atoms with E-state index in [9.17, 15) is 8.78 Å². The van der Waals surface area contributed by atoms with Crippen molar-refractivity contribution in [3.63, 3.8) is 0 Å². The van der Waals surface area contributed by atoms with Gasteiger partial charge in [-0.25, -0.2) is 9.37 Å². The van der Waals surface area contributed by atoms with Gasteiger partial charge in [-0.05, 0) is 27.7 Å². The lowest BCUT2D eigenvalue weighted by Gasteiger charge is -2.32. The molecule has 0 spiro atoms. The van der Waals surface area contributed by atoms with Crippen molar-refractivity contribution in [2.24, 2.45) is 0 Å². The first-order chi connectivity index (χ1) is 7.73. The van der Waals surface area contributed by atoms with E-state index in [1.54, 1.807) is 0 Å². The van der Waals surface area contributed by atoms with E-state index in [1.165, 1.54) is 0 Å². The van der Waals surface area contributed by atoms with E-state index >= 15 is 0 Å². The summed E-state index contributed by atoms with van der Waals surface area (Å²) >= 11 is 0. The first-order valence-electron chi connectivity index (χ1n) is 5.39. The fourth-order valence-electron chi connectivity index (χ4n) is 1.56. The van der Waals surface area contributed by atoms with Gasteiger partial charge < -0.3 is 9.31 Å². The molecule has 1 aliphatic heterocycles. The second-order valence-electron chi connectivity index (χ2n) is 5.12. The molecule has 0 saturated carbocycles. The van der Waals surface area contributed by atoms with Crippen molar-refractivity contribution in [2.75, 3.05) is 0 Å². The molecule has 0 amide bonds. The van der Waals surface area contributed by atoms with Crippen LogP contribution in [0.5, 0.6) is 0 Å². The van der Waals surface area contributed by atoms with Crippen molar-refractivity contribution >= 4 is 12.6 Å². The lowest BCUT2D eigenvalue weighted by atomic mass is 9.80. The van der Waals surface area contributed by atoms with Gasteiger partial charge in [0.2, 0.25) is 5.95 Å². The Labute approximate surface area is 99.3 Å². The van der Waals surface area contributed by atoms with Crippen LogP contribution in [0.3, 0.4) is 0 Å². The average Bonchev–Trinajstić information content (AvgIpc) is 2.35. The summed E-state index contributed by atoms with van der Waals surface area (Å²) in [6, 6.07) is 0.723. The second-order valence-corrected chi connectivity index (χ2v) is 5.12. The molecule has 92 valence electrons. The molecule has 0 radical (unpaired) electrons. The molecule has 2 heterocycles. The van der Waals surface area contributed by atoms with Gasteiger partial charge in [0.1, 0.15) is 5.82 Å². The summed E-state index contributed by atoms with van der Waals surface area (Å²) < 4.78 is 37.6. The van der Waals surface area contributed by atoms with E-state index in [-0.39, 0.29) is 5.46 Å². The number of rotatable bonds is 1. The Morgan fingerprint density at radius 1 is 1.12 bits per heavy atom. The molecule has 1 aliphatic rings. The molecule has 0 N–H and O–H groups in total. The molecule has 1 aromatic rings. The Morgan fingerprint density at radius 2 is 1.65 bits per heavy atom. The first-order valence-corrected chi connectivity index (χ1v) is 5.39. The molecular weight excluding hydrogens is 227 g/mol. The highest BCUT2D eigenvalue weighted by molar-refractivity contribution is 6.62. The number of hydrogen-bond donors (Lipinski definition) is 0. The van der Waals surface area contributed by atoms with Crippen molar-refractivity contribution in [2.45, 2.75) is 38.9 Å². The maximum atomic E-state index is 13.6. The smallest absolute Gasteiger partial charge is 0.399 e. The van der Waals surface area contributed by atoms with Crippen LogP contribution in [0.2, 0.25) is 0 Å². The number of hydrogen-bond acceptors (Lipinski definition) is 3. The van der Waals surface area contributed by atoms with Crippen molar-refractivity contribution in [1.29, 1.82) is 0 Å². The Balaban J connectivity index is 2.32. The zero-order valence-electron chi connectivity index (χ0n) is 10.3. The van der Waals surface area contributed by atoms with Crippen LogP contribution in [0.25, 0.3) is 0 Å². The fourth-order valence-corrected chi connectivity index (χ4v) is 1.56. The minimum absolute atomic E-state index is 0.116. The topological polar surface area (TPSA) is 31.4 Å². The Hall–Kier alpha value is -1.01. The maximum absolute atomic E-state index is 13.6. The van der Waals surface area contributed by atoms with Crippen molar-refractivity contribution in [3.05, 3.63) is 24.0 Å². The minimum Gasteiger partial charge on any atom is -0.399 e. The van der Waals surface area contributed by atoms with Crippen LogP contribution in [-0.4, -0.2) is 23.3 Å². The lowest BCUT2D eigenvalue weighted by Crippen LogP contribution is -2.41. The first kappa shape index (κ1) is 12.5. The third-order valence-electron chi connectivity index (χ3n) is 3.36. The monoisotopic (exact) mass is 241 g/mol. The van der Waals surface area contributed by atoms with Gasteiger partial charge in [-0.2, -0.15) is 4.39 Å². The molecule has 0 atom stereocenters. The molecule has 0 aliphatic carbocycles. The standard InChI is InChI=1S/C11H14BF2NO2/c1-10(2)11(3,4)17-12(16-10)7-6-15-9(14)5-8(7)13/h5-6H,1-4H3. The molecule has 2 rings (SSSR count). The minimum atomic E-state index is -0.859. The highest BCUT2D eigenvalue weighted by Gasteiger charge is 2.52. The summed E-state index contributed by atoms with van der Waals surface area (Å²) in [4.78, 5) is 3.41. The molecule has 17 heavy (non-hydrogen) atoms. The largest absolute Gasteiger partial charge is 0.499 e. The van der Waals surface area contributed by atoms with E-state index in [2.05, 4.69) is 4.98 Å². The van der Waals surface area contributed by atoms with Crippen LogP contribution in [0.15, 0.2) is 12.3 Å². The average molecular weight is 241 g/mol. The fraction of sp³-hybridized carbons (Fsp3) is 0.545. The molecular formula is C11H14BF2NO2. The summed E-state index contributed by atoms with van der Waals surface area (Å²) in [6.45, 7) is 7.45. The van der Waals surface area contributed by atoms with Crippen LogP contribution in [-0.2, 0) is 9.31 Å². The van der Waals surface area contributed by atoms with Crippen molar-refractivity contribution in [3.8, 4) is 0 Å². The van der Waals surface area contributed by atoms with E-state index in [0.717, 1.165) is 12.3 Å². The van der Waals surface area contributed by atoms with Crippen LogP contribution in [0, 0.1) is 11.8 Å². The number of nitrogens with zero attached hydrogens (tertiary/aromatic N) is 1. The summed E-state index contributed by atoms with van der Waals surface area (Å²) in [5.41, 5.74) is -0.998. The van der Waals surface area contributed by atoms with Crippen LogP contribution in [0.1, 0.15) is 27.7 Å². The normalized spacial score (nSPS) is 21.9. The summed E-state index contributed by atoms with van der Waals surface area (Å²) in [7, 11) is -0.854. The highest BCUT2D eigenvalue weighted by atomic mass is 19.1. The molecule has 1 fully saturated rings. The maximum Gasteiger partial charge on any atom is 0.499 e. The van der Waals surface area contributed by atoms with Gasteiger partial charge in [-0.3, -0.25) is 0 Å². The van der Waals surface area contributed by atoms with Crippen molar-refractivity contribution < 1.29 is 18.1 Å². The van der Waals surface area contributed by atoms with E-state index in [4.69, 9.17) is 9.31 Å². The number of aromatic nitrogens is 1. The van der Waals surface area contributed by atoms with Crippen LogP contribution in [0.4, 0.5) is 8.78 Å². The van der Waals surface area contributed by atoms with Crippen LogP contribution >= 0.6 is 0 Å². The van der Waals surface area contributed by atoms with Gasteiger partial charge in [0, 0.05) is 17.7 Å². The molecule has 1 saturated heterocycles. The molecule has 0 unspecified atom stereocenters. The molecule has 1 aromatic heterocycles. The van der Waals surface area contributed by atoms with E-state index < -0.39 is 30.1 Å². The second kappa shape index (κ2) is 3.75. The zero-order chi connectivity index (χ0) is 12.8. The predicted octanol–water partition coefficient (Wildman–Crippen LogP) is 1.66. The highest BCUT2D eigenvalue weighted by Crippen LogP contribution is 2.36. The van der Waals surface area contributed by atoms with Gasteiger partial charge in [-0.1, -0.05) is 0 Å². The lowest BCUT2D eigenvalue weighted by molar-refractivity contribution is 0.00578. The predicted molar refractivity (Wildman–Crippen MR) is 59.9 cm³/mol. The number of pyridine rings is 1. The van der Waals surface area contributed by atoms with Gasteiger partial charge in [-0.15, -0.1) is 0 Å². The summed E-state index contributed by atoms with van der Waals surface area (Å²) in [5.74, 6) is -1.57. The Morgan fingerprint density at radius 3 is 2.12 bits per heavy atom. The number of halogens is 2. The Kier molecular flexibility index (Phi) is 2.74. The molecule has 6 heteroatoms. The Bertz CT molecular complexity index is 435. The third kappa shape index (κ3) is 2.07. The van der Waals surface area contributed by atoms with Gasteiger partial charge in [0.05, 0.1) is 11.2 Å². The summed E-state index contributed by atoms with van der Waals surface area (Å²) in [5, 5.41) is 0. The quantitative estimate of drug-likeness (QED) is 0.553. The zero-order valence-corrected chi connectivity index (χ0v) is 10.3.